The minimum atomic E-state index is -0.520. The molecule has 2 amide bonds. The maximum Gasteiger partial charge on any atom is 0.230 e. The molecule has 0 bridgehead atoms. The number of amides is 2. The van der Waals surface area contributed by atoms with Crippen molar-refractivity contribution in [2.45, 2.75) is 19.3 Å². The maximum absolute atomic E-state index is 12.1. The summed E-state index contributed by atoms with van der Waals surface area (Å²) in [5.41, 5.74) is 8.34. The van der Waals surface area contributed by atoms with Crippen LogP contribution in [0.4, 0.5) is 11.4 Å². The predicted octanol–water partition coefficient (Wildman–Crippen LogP) is 6.02. The molecule has 4 aromatic carbocycles. The number of anilines is 2. The summed E-state index contributed by atoms with van der Waals surface area (Å²) in [7, 11) is 4.08. The smallest absolute Gasteiger partial charge is 0.230 e. The number of benzene rings is 4. The van der Waals surface area contributed by atoms with Crippen LogP contribution in [0.3, 0.4) is 0 Å². The van der Waals surface area contributed by atoms with E-state index in [4.69, 9.17) is 0 Å². The van der Waals surface area contributed by atoms with E-state index in [2.05, 4.69) is 77.7 Å². The highest BCUT2D eigenvalue weighted by Crippen LogP contribution is 2.56. The lowest BCUT2D eigenvalue weighted by Crippen LogP contribution is -2.33. The van der Waals surface area contributed by atoms with Gasteiger partial charge in [0, 0.05) is 33.6 Å². The van der Waals surface area contributed by atoms with Gasteiger partial charge in [0.05, 0.1) is 11.1 Å². The van der Waals surface area contributed by atoms with Crippen molar-refractivity contribution in [2.75, 3.05) is 23.9 Å². The predicted molar refractivity (Wildman–Crippen MR) is 142 cm³/mol. The number of carbonyl (C=O) groups is 2. The molecular formula is C31H28N2O2. The molecule has 0 atom stereocenters. The molecule has 0 radical (unpaired) electrons. The Morgan fingerprint density at radius 3 is 1.37 bits per heavy atom. The number of rotatable bonds is 4. The average molecular weight is 461 g/mol. The largest absolute Gasteiger partial charge is 0.378 e. The Balaban J connectivity index is 1.79. The Hall–Kier alpha value is -4.18. The second-order valence-corrected chi connectivity index (χ2v) is 9.20. The number of imide groups is 1. The zero-order valence-electron chi connectivity index (χ0n) is 20.4. The zero-order valence-corrected chi connectivity index (χ0v) is 20.4. The summed E-state index contributed by atoms with van der Waals surface area (Å²) < 4.78 is 0. The van der Waals surface area contributed by atoms with E-state index in [9.17, 15) is 9.59 Å². The molecule has 0 spiro atoms. The van der Waals surface area contributed by atoms with Gasteiger partial charge >= 0.3 is 0 Å². The summed E-state index contributed by atoms with van der Waals surface area (Å²) in [5.74, 6) is -0.591. The normalized spacial score (nSPS) is 13.0. The Morgan fingerprint density at radius 1 is 0.571 bits per heavy atom. The first-order valence-corrected chi connectivity index (χ1v) is 11.7. The third-order valence-electron chi connectivity index (χ3n) is 6.96. The average Bonchev–Trinajstić information content (AvgIpc) is 3.15. The number of hydrogen-bond donors (Lipinski definition) is 0. The molecule has 0 unspecified atom stereocenters. The number of hydrogen-bond acceptors (Lipinski definition) is 3. The first kappa shape index (κ1) is 22.6. The van der Waals surface area contributed by atoms with Crippen LogP contribution in [0, 0.1) is 0 Å². The number of nitrogens with zero attached hydrogens (tertiary/aromatic N) is 2. The van der Waals surface area contributed by atoms with Gasteiger partial charge in [0.2, 0.25) is 11.8 Å². The molecule has 4 nitrogen and oxygen atoms in total. The van der Waals surface area contributed by atoms with Crippen molar-refractivity contribution in [3.63, 3.8) is 0 Å². The van der Waals surface area contributed by atoms with Gasteiger partial charge in [-0.15, -0.1) is 0 Å². The molecule has 0 saturated heterocycles. The first-order valence-electron chi connectivity index (χ1n) is 11.7. The molecule has 0 aromatic heterocycles. The van der Waals surface area contributed by atoms with Gasteiger partial charge in [0.25, 0.3) is 0 Å². The second-order valence-electron chi connectivity index (χ2n) is 9.20. The standard InChI is InChI=1S/C31H28N2O2/c1-21(34)33(22(2)35)26-19-15-24(16-20-26)31(23-13-17-25(18-14-23)32(3)4)29-11-7-5-9-27(29)28-10-6-8-12-30(28)31/h5-20H,1-4H3. The van der Waals surface area contributed by atoms with E-state index >= 15 is 0 Å². The van der Waals surface area contributed by atoms with E-state index in [1.165, 1.54) is 46.6 Å². The summed E-state index contributed by atoms with van der Waals surface area (Å²) in [6.45, 7) is 2.82. The van der Waals surface area contributed by atoms with Crippen molar-refractivity contribution < 1.29 is 9.59 Å². The van der Waals surface area contributed by atoms with Crippen molar-refractivity contribution in [1.82, 2.24) is 0 Å². The summed E-state index contributed by atoms with van der Waals surface area (Å²) in [6.07, 6.45) is 0. The van der Waals surface area contributed by atoms with Crippen LogP contribution in [0.1, 0.15) is 36.1 Å². The first-order chi connectivity index (χ1) is 16.9. The molecule has 0 N–H and O–H groups in total. The topological polar surface area (TPSA) is 40.6 Å². The Labute approximate surface area is 206 Å². The third kappa shape index (κ3) is 3.45. The van der Waals surface area contributed by atoms with E-state index in [0.717, 1.165) is 11.3 Å². The van der Waals surface area contributed by atoms with Gasteiger partial charge in [-0.05, 0) is 57.6 Å². The van der Waals surface area contributed by atoms with Gasteiger partial charge in [0.1, 0.15) is 0 Å². The summed E-state index contributed by atoms with van der Waals surface area (Å²) in [4.78, 5) is 27.6. The second kappa shape index (κ2) is 8.55. The quantitative estimate of drug-likeness (QED) is 0.330. The third-order valence-corrected chi connectivity index (χ3v) is 6.96. The fraction of sp³-hybridized carbons (Fsp3) is 0.161. The SMILES string of the molecule is CC(=O)N(C(C)=O)c1ccc(C2(c3ccc(N(C)C)cc3)c3ccccc3-c3ccccc32)cc1. The highest BCUT2D eigenvalue weighted by atomic mass is 16.2. The van der Waals surface area contributed by atoms with Crippen LogP contribution in [0.2, 0.25) is 0 Å². The molecule has 1 aliphatic rings. The molecule has 0 saturated carbocycles. The molecule has 4 aromatic rings. The van der Waals surface area contributed by atoms with Crippen LogP contribution >= 0.6 is 0 Å². The van der Waals surface area contributed by atoms with Gasteiger partial charge in [-0.25, -0.2) is 0 Å². The van der Waals surface area contributed by atoms with Crippen LogP contribution in [0.5, 0.6) is 0 Å². The molecule has 0 fully saturated rings. The van der Waals surface area contributed by atoms with Gasteiger partial charge in [-0.1, -0.05) is 72.8 Å². The summed E-state index contributed by atoms with van der Waals surface area (Å²) in [6, 6.07) is 33.7. The summed E-state index contributed by atoms with van der Waals surface area (Å²) >= 11 is 0. The van der Waals surface area contributed by atoms with Crippen LogP contribution in [-0.2, 0) is 15.0 Å². The molecule has 174 valence electrons. The molecule has 4 heteroatoms. The molecule has 0 aliphatic heterocycles. The number of carbonyl (C=O) groups excluding carboxylic acids is 2. The van der Waals surface area contributed by atoms with Crippen LogP contribution < -0.4 is 9.80 Å². The fourth-order valence-corrected chi connectivity index (χ4v) is 5.48. The van der Waals surface area contributed by atoms with Crippen LogP contribution in [0.15, 0.2) is 97.1 Å². The molecule has 35 heavy (non-hydrogen) atoms. The van der Waals surface area contributed by atoms with E-state index in [-0.39, 0.29) is 11.8 Å². The molecule has 1 aliphatic carbocycles. The highest BCUT2D eigenvalue weighted by Gasteiger charge is 2.45. The molecule has 5 rings (SSSR count). The Morgan fingerprint density at radius 2 is 0.971 bits per heavy atom. The molecule has 0 heterocycles. The fourth-order valence-electron chi connectivity index (χ4n) is 5.48. The van der Waals surface area contributed by atoms with Crippen molar-refractivity contribution in [3.8, 4) is 11.1 Å². The monoisotopic (exact) mass is 460 g/mol. The minimum absolute atomic E-state index is 0.296. The Bertz CT molecular complexity index is 1360. The van der Waals surface area contributed by atoms with Gasteiger partial charge in [-0.3, -0.25) is 14.5 Å². The van der Waals surface area contributed by atoms with Gasteiger partial charge in [0.15, 0.2) is 0 Å². The van der Waals surface area contributed by atoms with Crippen LogP contribution in [-0.4, -0.2) is 25.9 Å². The maximum atomic E-state index is 12.1. The van der Waals surface area contributed by atoms with Crippen molar-refractivity contribution in [2.24, 2.45) is 0 Å². The highest BCUT2D eigenvalue weighted by molar-refractivity contribution is 6.13. The number of fused-ring (bicyclic) bond motifs is 3. The lowest BCUT2D eigenvalue weighted by molar-refractivity contribution is -0.124. The molecular weight excluding hydrogens is 432 g/mol. The van der Waals surface area contributed by atoms with Crippen LogP contribution in [0.25, 0.3) is 11.1 Å². The van der Waals surface area contributed by atoms with E-state index in [1.807, 2.05) is 38.4 Å². The summed E-state index contributed by atoms with van der Waals surface area (Å²) in [5, 5.41) is 0. The zero-order chi connectivity index (χ0) is 24.7. The van der Waals surface area contributed by atoms with Crippen molar-refractivity contribution in [1.29, 1.82) is 0 Å². The van der Waals surface area contributed by atoms with Gasteiger partial charge < -0.3 is 4.90 Å². The van der Waals surface area contributed by atoms with Crippen molar-refractivity contribution >= 4 is 23.2 Å². The lowest BCUT2D eigenvalue weighted by Gasteiger charge is -2.34. The van der Waals surface area contributed by atoms with E-state index in [1.54, 1.807) is 0 Å². The minimum Gasteiger partial charge on any atom is -0.378 e. The van der Waals surface area contributed by atoms with E-state index in [0.29, 0.717) is 5.69 Å². The van der Waals surface area contributed by atoms with Crippen molar-refractivity contribution in [3.05, 3.63) is 119 Å². The van der Waals surface area contributed by atoms with E-state index < -0.39 is 5.41 Å². The Kier molecular flexibility index (Phi) is 5.52. The lowest BCUT2D eigenvalue weighted by atomic mass is 9.67. The van der Waals surface area contributed by atoms with Gasteiger partial charge in [-0.2, -0.15) is 0 Å².